The van der Waals surface area contributed by atoms with Crippen molar-refractivity contribution in [3.8, 4) is 5.75 Å². The van der Waals surface area contributed by atoms with Crippen molar-refractivity contribution < 1.29 is 14.6 Å². The smallest absolute Gasteiger partial charge is 0.315 e. The van der Waals surface area contributed by atoms with E-state index in [2.05, 4.69) is 4.98 Å². The maximum Gasteiger partial charge on any atom is 0.315 e. The Labute approximate surface area is 87.9 Å². The van der Waals surface area contributed by atoms with Crippen LogP contribution in [0, 0.1) is 0 Å². The molecule has 4 heteroatoms. The number of ether oxygens (including phenoxy) is 1. The molecule has 2 rings (SSSR count). The third-order valence-electron chi connectivity index (χ3n) is 3.08. The van der Waals surface area contributed by atoms with Gasteiger partial charge in [-0.1, -0.05) is 6.42 Å². The Morgan fingerprint density at radius 1 is 1.53 bits per heavy atom. The average molecular weight is 207 g/mol. The second-order valence-corrected chi connectivity index (χ2v) is 3.82. The molecule has 0 aromatic carbocycles. The highest BCUT2D eigenvalue weighted by Crippen LogP contribution is 2.43. The number of aromatic nitrogens is 1. The molecule has 0 amide bonds. The van der Waals surface area contributed by atoms with Crippen molar-refractivity contribution in [3.05, 3.63) is 24.0 Å². The largest absolute Gasteiger partial charge is 0.495 e. The van der Waals surface area contributed by atoms with Crippen molar-refractivity contribution in [2.45, 2.75) is 24.7 Å². The van der Waals surface area contributed by atoms with Crippen molar-refractivity contribution in [3.63, 3.8) is 0 Å². The van der Waals surface area contributed by atoms with Gasteiger partial charge in [0.05, 0.1) is 19.0 Å². The number of aliphatic carboxylic acids is 1. The fourth-order valence-electron chi connectivity index (χ4n) is 1.89. The molecule has 1 N–H and O–H groups in total. The van der Waals surface area contributed by atoms with Crippen LogP contribution in [0.15, 0.2) is 18.3 Å². The standard InChI is InChI=1S/C11H13NO3/c1-15-8-3-4-9(12-7-8)11(10(13)14)5-2-6-11/h3-4,7H,2,5-6H2,1H3,(H,13,14). The van der Waals surface area contributed by atoms with Crippen molar-refractivity contribution in [1.82, 2.24) is 4.98 Å². The van der Waals surface area contributed by atoms with Gasteiger partial charge in [-0.05, 0) is 25.0 Å². The van der Waals surface area contributed by atoms with Gasteiger partial charge in [0.2, 0.25) is 0 Å². The van der Waals surface area contributed by atoms with Gasteiger partial charge in [0.1, 0.15) is 11.2 Å². The molecular formula is C11H13NO3. The van der Waals surface area contributed by atoms with E-state index in [0.29, 0.717) is 24.3 Å². The van der Waals surface area contributed by atoms with Crippen LogP contribution in [0.25, 0.3) is 0 Å². The van der Waals surface area contributed by atoms with Crippen molar-refractivity contribution in [1.29, 1.82) is 0 Å². The minimum absolute atomic E-state index is 0.641. The van der Waals surface area contributed by atoms with Gasteiger partial charge in [-0.2, -0.15) is 0 Å². The first-order chi connectivity index (χ1) is 7.19. The summed E-state index contributed by atoms with van der Waals surface area (Å²) in [5, 5.41) is 9.19. The summed E-state index contributed by atoms with van der Waals surface area (Å²) >= 11 is 0. The fraction of sp³-hybridized carbons (Fsp3) is 0.455. The molecule has 0 saturated heterocycles. The molecule has 1 aromatic rings. The molecule has 0 spiro atoms. The highest BCUT2D eigenvalue weighted by Gasteiger charge is 2.47. The van der Waals surface area contributed by atoms with Gasteiger partial charge in [-0.3, -0.25) is 9.78 Å². The van der Waals surface area contributed by atoms with Crippen LogP contribution < -0.4 is 4.74 Å². The summed E-state index contributed by atoms with van der Waals surface area (Å²) in [6.07, 6.45) is 3.89. The lowest BCUT2D eigenvalue weighted by atomic mass is 9.66. The fourth-order valence-corrected chi connectivity index (χ4v) is 1.89. The van der Waals surface area contributed by atoms with Gasteiger partial charge < -0.3 is 9.84 Å². The van der Waals surface area contributed by atoms with Crippen molar-refractivity contribution in [2.75, 3.05) is 7.11 Å². The predicted molar refractivity (Wildman–Crippen MR) is 54.0 cm³/mol. The van der Waals surface area contributed by atoms with Crippen LogP contribution in [0.5, 0.6) is 5.75 Å². The van der Waals surface area contributed by atoms with E-state index < -0.39 is 11.4 Å². The van der Waals surface area contributed by atoms with E-state index in [-0.39, 0.29) is 0 Å². The van der Waals surface area contributed by atoms with E-state index in [1.807, 2.05) is 0 Å². The second-order valence-electron chi connectivity index (χ2n) is 3.82. The van der Waals surface area contributed by atoms with E-state index in [0.717, 1.165) is 6.42 Å². The lowest BCUT2D eigenvalue weighted by Crippen LogP contribution is -2.42. The van der Waals surface area contributed by atoms with Gasteiger partial charge in [0.15, 0.2) is 0 Å². The Kier molecular flexibility index (Phi) is 2.34. The van der Waals surface area contributed by atoms with E-state index in [1.54, 1.807) is 25.4 Å². The zero-order valence-electron chi connectivity index (χ0n) is 8.56. The van der Waals surface area contributed by atoms with Crippen molar-refractivity contribution in [2.24, 2.45) is 0 Å². The Balaban J connectivity index is 2.31. The average Bonchev–Trinajstić information content (AvgIpc) is 2.16. The predicted octanol–water partition coefficient (Wildman–Crippen LogP) is 1.60. The van der Waals surface area contributed by atoms with Crippen molar-refractivity contribution >= 4 is 5.97 Å². The maximum absolute atomic E-state index is 11.2. The van der Waals surface area contributed by atoms with Gasteiger partial charge in [-0.25, -0.2) is 0 Å². The van der Waals surface area contributed by atoms with Crippen LogP contribution in [-0.4, -0.2) is 23.2 Å². The molecule has 1 aliphatic rings. The number of pyridine rings is 1. The van der Waals surface area contributed by atoms with Crippen LogP contribution in [-0.2, 0) is 10.2 Å². The zero-order chi connectivity index (χ0) is 10.9. The summed E-state index contributed by atoms with van der Waals surface area (Å²) in [6.45, 7) is 0. The molecule has 0 radical (unpaired) electrons. The minimum atomic E-state index is -0.772. The molecule has 0 atom stereocenters. The summed E-state index contributed by atoms with van der Waals surface area (Å²) in [4.78, 5) is 15.3. The third-order valence-corrected chi connectivity index (χ3v) is 3.08. The Morgan fingerprint density at radius 2 is 2.27 bits per heavy atom. The number of carbonyl (C=O) groups is 1. The van der Waals surface area contributed by atoms with Gasteiger partial charge in [0.25, 0.3) is 0 Å². The summed E-state index contributed by atoms with van der Waals surface area (Å²) < 4.78 is 4.98. The number of carboxylic acid groups (broad SMARTS) is 1. The first kappa shape index (κ1) is 9.96. The van der Waals surface area contributed by atoms with E-state index in [4.69, 9.17) is 4.74 Å². The second kappa shape index (κ2) is 3.53. The minimum Gasteiger partial charge on any atom is -0.495 e. The topological polar surface area (TPSA) is 59.4 Å². The molecule has 0 bridgehead atoms. The molecule has 0 unspecified atom stereocenters. The van der Waals surface area contributed by atoms with E-state index in [9.17, 15) is 9.90 Å². The van der Waals surface area contributed by atoms with Crippen LogP contribution in [0.3, 0.4) is 0 Å². The molecular weight excluding hydrogens is 194 g/mol. The van der Waals surface area contributed by atoms with Crippen LogP contribution in [0.2, 0.25) is 0 Å². The quantitative estimate of drug-likeness (QED) is 0.817. The maximum atomic E-state index is 11.2. The Morgan fingerprint density at radius 3 is 2.60 bits per heavy atom. The number of rotatable bonds is 3. The molecule has 1 aromatic heterocycles. The van der Waals surface area contributed by atoms with Crippen LogP contribution in [0.1, 0.15) is 25.0 Å². The van der Waals surface area contributed by atoms with Crippen LogP contribution in [0.4, 0.5) is 0 Å². The van der Waals surface area contributed by atoms with Gasteiger partial charge >= 0.3 is 5.97 Å². The van der Waals surface area contributed by atoms with E-state index >= 15 is 0 Å². The molecule has 15 heavy (non-hydrogen) atoms. The summed E-state index contributed by atoms with van der Waals surface area (Å²) in [6, 6.07) is 3.50. The van der Waals surface area contributed by atoms with Crippen LogP contribution >= 0.6 is 0 Å². The molecule has 1 fully saturated rings. The Bertz CT molecular complexity index is 368. The molecule has 4 nitrogen and oxygen atoms in total. The monoisotopic (exact) mass is 207 g/mol. The zero-order valence-corrected chi connectivity index (χ0v) is 8.56. The first-order valence-electron chi connectivity index (χ1n) is 4.93. The number of nitrogens with zero attached hydrogens (tertiary/aromatic N) is 1. The molecule has 80 valence electrons. The molecule has 0 aliphatic heterocycles. The lowest BCUT2D eigenvalue weighted by Gasteiger charge is -2.36. The summed E-state index contributed by atoms with van der Waals surface area (Å²) in [5.74, 6) is -0.120. The molecule has 1 aliphatic carbocycles. The number of methoxy groups -OCH3 is 1. The van der Waals surface area contributed by atoms with E-state index in [1.165, 1.54) is 0 Å². The Hall–Kier alpha value is -1.58. The molecule has 1 saturated carbocycles. The number of hydrogen-bond acceptors (Lipinski definition) is 3. The number of carboxylic acids is 1. The first-order valence-corrected chi connectivity index (χ1v) is 4.93. The molecule has 1 heterocycles. The number of hydrogen-bond donors (Lipinski definition) is 1. The normalized spacial score (nSPS) is 17.9. The van der Waals surface area contributed by atoms with Gasteiger partial charge in [0, 0.05) is 0 Å². The summed E-state index contributed by atoms with van der Waals surface area (Å²) in [7, 11) is 1.56. The highest BCUT2D eigenvalue weighted by atomic mass is 16.5. The third kappa shape index (κ3) is 1.46. The SMILES string of the molecule is COc1ccc(C2(C(=O)O)CCC2)nc1. The van der Waals surface area contributed by atoms with Gasteiger partial charge in [-0.15, -0.1) is 0 Å². The summed E-state index contributed by atoms with van der Waals surface area (Å²) in [5.41, 5.74) is -0.103. The lowest BCUT2D eigenvalue weighted by molar-refractivity contribution is -0.147. The highest BCUT2D eigenvalue weighted by molar-refractivity contribution is 5.81.